The molecule has 0 spiro atoms. The van der Waals surface area contributed by atoms with Gasteiger partial charge in [-0.05, 0) is 30.5 Å². The van der Waals surface area contributed by atoms with Gasteiger partial charge in [-0.3, -0.25) is 4.79 Å². The highest BCUT2D eigenvalue weighted by molar-refractivity contribution is 5.85. The number of imidazole rings is 1. The number of aromatic nitrogens is 2. The Labute approximate surface area is 118 Å². The number of hydrogen-bond donors (Lipinski definition) is 2. The van der Waals surface area contributed by atoms with Crippen LogP contribution in [0, 0.1) is 0 Å². The van der Waals surface area contributed by atoms with Crippen LogP contribution in [0.5, 0.6) is 0 Å². The quantitative estimate of drug-likeness (QED) is 0.881. The number of nitrogens with zero attached hydrogens (tertiary/aromatic N) is 1. The number of hydrogen-bond acceptors (Lipinski definition) is 2. The van der Waals surface area contributed by atoms with E-state index in [4.69, 9.17) is 0 Å². The van der Waals surface area contributed by atoms with E-state index in [1.165, 1.54) is 0 Å². The fraction of sp³-hybridized carbons (Fsp3) is 0.500. The first kappa shape index (κ1) is 13.2. The van der Waals surface area contributed by atoms with Crippen molar-refractivity contribution in [2.45, 2.75) is 50.9 Å². The Morgan fingerprint density at radius 2 is 2.05 bits per heavy atom. The molecule has 4 heteroatoms. The summed E-state index contributed by atoms with van der Waals surface area (Å²) in [7, 11) is 0. The van der Waals surface area contributed by atoms with E-state index < -0.39 is 11.4 Å². The SMILES string of the molecule is CC(C)(C)c1nc2ccc(C3(C(=O)O)CCC3)cc2[nH]1. The van der Waals surface area contributed by atoms with E-state index in [1.54, 1.807) is 0 Å². The van der Waals surface area contributed by atoms with Gasteiger partial charge in [0.15, 0.2) is 0 Å². The van der Waals surface area contributed by atoms with Gasteiger partial charge < -0.3 is 10.1 Å². The third-order valence-electron chi connectivity index (χ3n) is 4.36. The predicted octanol–water partition coefficient (Wildman–Crippen LogP) is 3.37. The zero-order valence-corrected chi connectivity index (χ0v) is 12.2. The zero-order valence-electron chi connectivity index (χ0n) is 12.2. The van der Waals surface area contributed by atoms with Crippen LogP contribution in [0.3, 0.4) is 0 Å². The molecule has 0 atom stereocenters. The van der Waals surface area contributed by atoms with Crippen LogP contribution in [-0.4, -0.2) is 21.0 Å². The highest BCUT2D eigenvalue weighted by Crippen LogP contribution is 2.44. The lowest BCUT2D eigenvalue weighted by molar-refractivity contribution is -0.147. The maximum absolute atomic E-state index is 11.6. The molecule has 0 amide bonds. The van der Waals surface area contributed by atoms with Gasteiger partial charge in [-0.25, -0.2) is 4.98 Å². The first-order valence-electron chi connectivity index (χ1n) is 7.07. The summed E-state index contributed by atoms with van der Waals surface area (Å²) in [5.74, 6) is 0.223. The van der Waals surface area contributed by atoms with Gasteiger partial charge >= 0.3 is 5.97 Å². The van der Waals surface area contributed by atoms with Crippen molar-refractivity contribution in [3.05, 3.63) is 29.6 Å². The van der Waals surface area contributed by atoms with Crippen LogP contribution in [0.15, 0.2) is 18.2 Å². The molecular weight excluding hydrogens is 252 g/mol. The molecule has 1 aliphatic carbocycles. The lowest BCUT2D eigenvalue weighted by atomic mass is 9.64. The van der Waals surface area contributed by atoms with Gasteiger partial charge in [0.2, 0.25) is 0 Å². The fourth-order valence-corrected chi connectivity index (χ4v) is 2.82. The van der Waals surface area contributed by atoms with E-state index in [1.807, 2.05) is 18.2 Å². The average Bonchev–Trinajstić information content (AvgIpc) is 2.69. The number of rotatable bonds is 2. The van der Waals surface area contributed by atoms with Crippen LogP contribution in [0.1, 0.15) is 51.4 Å². The molecule has 1 heterocycles. The monoisotopic (exact) mass is 272 g/mol. The van der Waals surface area contributed by atoms with E-state index in [2.05, 4.69) is 30.7 Å². The van der Waals surface area contributed by atoms with E-state index in [0.717, 1.165) is 41.7 Å². The van der Waals surface area contributed by atoms with Crippen molar-refractivity contribution >= 4 is 17.0 Å². The fourth-order valence-electron chi connectivity index (χ4n) is 2.82. The topological polar surface area (TPSA) is 66.0 Å². The van der Waals surface area contributed by atoms with Crippen molar-refractivity contribution in [3.63, 3.8) is 0 Å². The summed E-state index contributed by atoms with van der Waals surface area (Å²) in [6, 6.07) is 5.81. The Morgan fingerprint density at radius 3 is 2.55 bits per heavy atom. The van der Waals surface area contributed by atoms with Gasteiger partial charge in [0, 0.05) is 5.41 Å². The predicted molar refractivity (Wildman–Crippen MR) is 78.0 cm³/mol. The van der Waals surface area contributed by atoms with Crippen molar-refractivity contribution in [1.82, 2.24) is 9.97 Å². The molecule has 4 nitrogen and oxygen atoms in total. The van der Waals surface area contributed by atoms with Gasteiger partial charge in [-0.1, -0.05) is 33.3 Å². The van der Waals surface area contributed by atoms with Crippen molar-refractivity contribution in [2.75, 3.05) is 0 Å². The Bertz CT molecular complexity index is 675. The molecular formula is C16H20N2O2. The normalized spacial score (nSPS) is 17.9. The molecule has 0 aliphatic heterocycles. The van der Waals surface area contributed by atoms with Crippen LogP contribution in [0.4, 0.5) is 0 Å². The molecule has 1 saturated carbocycles. The third-order valence-corrected chi connectivity index (χ3v) is 4.36. The van der Waals surface area contributed by atoms with Gasteiger partial charge in [-0.15, -0.1) is 0 Å². The van der Waals surface area contributed by atoms with Gasteiger partial charge in [0.1, 0.15) is 5.82 Å². The number of H-pyrrole nitrogens is 1. The lowest BCUT2D eigenvalue weighted by Crippen LogP contribution is -2.42. The lowest BCUT2D eigenvalue weighted by Gasteiger charge is -2.38. The molecule has 2 N–H and O–H groups in total. The average molecular weight is 272 g/mol. The summed E-state index contributed by atoms with van der Waals surface area (Å²) in [6.45, 7) is 6.32. The maximum Gasteiger partial charge on any atom is 0.314 e. The van der Waals surface area contributed by atoms with E-state index in [-0.39, 0.29) is 5.41 Å². The van der Waals surface area contributed by atoms with Crippen molar-refractivity contribution < 1.29 is 9.90 Å². The van der Waals surface area contributed by atoms with Crippen LogP contribution in [-0.2, 0) is 15.6 Å². The second-order valence-electron chi connectivity index (χ2n) is 6.81. The minimum Gasteiger partial charge on any atom is -0.481 e. The summed E-state index contributed by atoms with van der Waals surface area (Å²) in [6.07, 6.45) is 2.45. The number of aromatic amines is 1. The molecule has 106 valence electrons. The number of nitrogens with one attached hydrogen (secondary N) is 1. The smallest absolute Gasteiger partial charge is 0.314 e. The van der Waals surface area contributed by atoms with Crippen LogP contribution < -0.4 is 0 Å². The largest absolute Gasteiger partial charge is 0.481 e. The number of fused-ring (bicyclic) bond motifs is 1. The van der Waals surface area contributed by atoms with Crippen molar-refractivity contribution in [3.8, 4) is 0 Å². The molecule has 0 saturated heterocycles. The Kier molecular flexibility index (Phi) is 2.68. The Hall–Kier alpha value is -1.84. The maximum atomic E-state index is 11.6. The third kappa shape index (κ3) is 1.82. The number of carbonyl (C=O) groups is 1. The molecule has 0 bridgehead atoms. The molecule has 1 fully saturated rings. The van der Waals surface area contributed by atoms with E-state index in [0.29, 0.717) is 0 Å². The second-order valence-corrected chi connectivity index (χ2v) is 6.81. The molecule has 1 aromatic carbocycles. The number of aliphatic carboxylic acids is 1. The van der Waals surface area contributed by atoms with Crippen molar-refractivity contribution in [2.24, 2.45) is 0 Å². The van der Waals surface area contributed by atoms with Gasteiger partial charge in [0.25, 0.3) is 0 Å². The standard InChI is InChI=1S/C16H20N2O2/c1-15(2,3)13-17-11-6-5-10(9-12(11)18-13)16(14(19)20)7-4-8-16/h5-6,9H,4,7-8H2,1-3H3,(H,17,18)(H,19,20). The number of benzene rings is 1. The van der Waals surface area contributed by atoms with Crippen LogP contribution in [0.2, 0.25) is 0 Å². The zero-order chi connectivity index (χ0) is 14.5. The minimum atomic E-state index is -0.710. The highest BCUT2D eigenvalue weighted by Gasteiger charge is 2.46. The molecule has 3 rings (SSSR count). The summed E-state index contributed by atoms with van der Waals surface area (Å²) < 4.78 is 0. The summed E-state index contributed by atoms with van der Waals surface area (Å²) in [4.78, 5) is 19.5. The molecule has 2 aromatic rings. The minimum absolute atomic E-state index is 0.0415. The molecule has 1 aromatic heterocycles. The van der Waals surface area contributed by atoms with Gasteiger partial charge in [0.05, 0.1) is 16.4 Å². The number of carboxylic acid groups (broad SMARTS) is 1. The molecule has 0 radical (unpaired) electrons. The van der Waals surface area contributed by atoms with E-state index in [9.17, 15) is 9.90 Å². The Balaban J connectivity index is 2.09. The highest BCUT2D eigenvalue weighted by atomic mass is 16.4. The second kappa shape index (κ2) is 4.08. The van der Waals surface area contributed by atoms with E-state index >= 15 is 0 Å². The van der Waals surface area contributed by atoms with Crippen LogP contribution in [0.25, 0.3) is 11.0 Å². The summed E-state index contributed by atoms with van der Waals surface area (Å²) in [5, 5.41) is 9.52. The molecule has 0 unspecified atom stereocenters. The summed E-state index contributed by atoms with van der Waals surface area (Å²) in [5.41, 5.74) is 2.01. The number of carboxylic acids is 1. The first-order valence-corrected chi connectivity index (χ1v) is 7.07. The summed E-state index contributed by atoms with van der Waals surface area (Å²) >= 11 is 0. The van der Waals surface area contributed by atoms with Gasteiger partial charge in [-0.2, -0.15) is 0 Å². The molecule has 20 heavy (non-hydrogen) atoms. The van der Waals surface area contributed by atoms with Crippen LogP contribution >= 0.6 is 0 Å². The Morgan fingerprint density at radius 1 is 1.35 bits per heavy atom. The van der Waals surface area contributed by atoms with Crippen molar-refractivity contribution in [1.29, 1.82) is 0 Å². The first-order chi connectivity index (χ1) is 9.33. The molecule has 1 aliphatic rings.